The van der Waals surface area contributed by atoms with Gasteiger partial charge in [0.15, 0.2) is 0 Å². The van der Waals surface area contributed by atoms with E-state index in [4.69, 9.17) is 9.47 Å². The van der Waals surface area contributed by atoms with Crippen molar-refractivity contribution in [2.75, 3.05) is 58.3 Å². The van der Waals surface area contributed by atoms with Crippen molar-refractivity contribution >= 4 is 17.8 Å². The summed E-state index contributed by atoms with van der Waals surface area (Å²) in [7, 11) is 1.39. The van der Waals surface area contributed by atoms with Crippen LogP contribution >= 0.6 is 0 Å². The quantitative estimate of drug-likeness (QED) is 0.814. The summed E-state index contributed by atoms with van der Waals surface area (Å²) in [6.07, 6.45) is -0.285. The van der Waals surface area contributed by atoms with Gasteiger partial charge in [-0.2, -0.15) is 0 Å². The van der Waals surface area contributed by atoms with Crippen LogP contribution in [-0.2, 0) is 4.74 Å². The molecule has 0 saturated carbocycles. The van der Waals surface area contributed by atoms with Crippen LogP contribution in [0.15, 0.2) is 24.3 Å². The summed E-state index contributed by atoms with van der Waals surface area (Å²) < 4.78 is 10.1. The van der Waals surface area contributed by atoms with E-state index in [1.54, 1.807) is 17.0 Å². The van der Waals surface area contributed by atoms with Gasteiger partial charge in [-0.15, -0.1) is 0 Å². The topological polar surface area (TPSA) is 83.1 Å². The first kappa shape index (κ1) is 18.9. The number of benzene rings is 1. The normalized spacial score (nSPS) is 14.7. The van der Waals surface area contributed by atoms with Crippen LogP contribution in [0.25, 0.3) is 0 Å². The molecule has 25 heavy (non-hydrogen) atoms. The molecule has 0 atom stereocenters. The number of hydrogen-bond acceptors (Lipinski definition) is 5. The van der Waals surface area contributed by atoms with E-state index in [2.05, 4.69) is 15.5 Å². The molecule has 0 aromatic heterocycles. The largest absolute Gasteiger partial charge is 0.494 e. The molecule has 0 bridgehead atoms. The first-order valence-electron chi connectivity index (χ1n) is 8.45. The van der Waals surface area contributed by atoms with E-state index < -0.39 is 0 Å². The highest BCUT2D eigenvalue weighted by Gasteiger charge is 2.20. The predicted molar refractivity (Wildman–Crippen MR) is 95.1 cm³/mol. The van der Waals surface area contributed by atoms with Gasteiger partial charge in [-0.1, -0.05) is 0 Å². The van der Waals surface area contributed by atoms with Crippen molar-refractivity contribution in [3.8, 4) is 5.75 Å². The Kier molecular flexibility index (Phi) is 7.34. The molecule has 0 radical (unpaired) electrons. The molecule has 1 saturated heterocycles. The standard InChI is InChI=1S/C17H26N4O4/c1-3-25-15-6-4-14(5-7-15)19-16(22)18-8-9-20-10-12-21(13-11-20)17(23)24-2/h4-7H,3,8-13H2,1-2H3,(H2,18,19,22). The molecule has 1 aliphatic heterocycles. The molecular weight excluding hydrogens is 324 g/mol. The van der Waals surface area contributed by atoms with Crippen LogP contribution < -0.4 is 15.4 Å². The number of methoxy groups -OCH3 is 1. The number of amides is 3. The molecule has 3 amide bonds. The smallest absolute Gasteiger partial charge is 0.409 e. The SMILES string of the molecule is CCOc1ccc(NC(=O)NCCN2CCN(C(=O)OC)CC2)cc1. The Morgan fingerprint density at radius 3 is 2.40 bits per heavy atom. The lowest BCUT2D eigenvalue weighted by Crippen LogP contribution is -2.50. The molecule has 8 nitrogen and oxygen atoms in total. The van der Waals surface area contributed by atoms with E-state index in [1.165, 1.54) is 7.11 Å². The van der Waals surface area contributed by atoms with E-state index in [0.29, 0.717) is 31.9 Å². The molecule has 0 spiro atoms. The van der Waals surface area contributed by atoms with Gasteiger partial charge in [0.1, 0.15) is 5.75 Å². The molecule has 1 aromatic rings. The van der Waals surface area contributed by atoms with Crippen molar-refractivity contribution in [2.24, 2.45) is 0 Å². The number of ether oxygens (including phenoxy) is 2. The summed E-state index contributed by atoms with van der Waals surface area (Å²) in [5.74, 6) is 0.777. The van der Waals surface area contributed by atoms with Crippen LogP contribution in [0.2, 0.25) is 0 Å². The average Bonchev–Trinajstić information content (AvgIpc) is 2.63. The first-order valence-corrected chi connectivity index (χ1v) is 8.45. The van der Waals surface area contributed by atoms with Crippen molar-refractivity contribution in [1.29, 1.82) is 0 Å². The molecule has 2 rings (SSSR count). The van der Waals surface area contributed by atoms with Crippen LogP contribution in [0.3, 0.4) is 0 Å². The number of urea groups is 1. The van der Waals surface area contributed by atoms with Crippen LogP contribution in [-0.4, -0.2) is 74.9 Å². The summed E-state index contributed by atoms with van der Waals surface area (Å²) in [6.45, 7) is 6.66. The molecule has 0 unspecified atom stereocenters. The molecule has 1 fully saturated rings. The number of hydrogen-bond donors (Lipinski definition) is 2. The molecule has 1 heterocycles. The fraction of sp³-hybridized carbons (Fsp3) is 0.529. The lowest BCUT2D eigenvalue weighted by molar-refractivity contribution is 0.0916. The number of anilines is 1. The van der Waals surface area contributed by atoms with Gasteiger partial charge in [0.2, 0.25) is 0 Å². The average molecular weight is 350 g/mol. The highest BCUT2D eigenvalue weighted by molar-refractivity contribution is 5.89. The van der Waals surface area contributed by atoms with Gasteiger partial charge in [-0.05, 0) is 31.2 Å². The molecule has 1 aromatic carbocycles. The van der Waals surface area contributed by atoms with Crippen LogP contribution in [0.4, 0.5) is 15.3 Å². The highest BCUT2D eigenvalue weighted by Crippen LogP contribution is 2.15. The monoisotopic (exact) mass is 350 g/mol. The predicted octanol–water partition coefficient (Wildman–Crippen LogP) is 1.59. The summed E-state index contributed by atoms with van der Waals surface area (Å²) in [6, 6.07) is 7.00. The van der Waals surface area contributed by atoms with Crippen molar-refractivity contribution in [1.82, 2.24) is 15.1 Å². The number of rotatable bonds is 6. The summed E-state index contributed by atoms with van der Waals surface area (Å²) in [4.78, 5) is 27.2. The lowest BCUT2D eigenvalue weighted by Gasteiger charge is -2.33. The van der Waals surface area contributed by atoms with E-state index in [-0.39, 0.29) is 12.1 Å². The minimum Gasteiger partial charge on any atom is -0.494 e. The second kappa shape index (κ2) is 9.73. The maximum atomic E-state index is 11.9. The number of piperazine rings is 1. The van der Waals surface area contributed by atoms with E-state index >= 15 is 0 Å². The molecule has 2 N–H and O–H groups in total. The first-order chi connectivity index (χ1) is 12.1. The summed E-state index contributed by atoms with van der Waals surface area (Å²) in [5.41, 5.74) is 0.715. The van der Waals surface area contributed by atoms with Gasteiger partial charge in [-0.3, -0.25) is 4.90 Å². The Morgan fingerprint density at radius 1 is 1.12 bits per heavy atom. The van der Waals surface area contributed by atoms with Gasteiger partial charge in [-0.25, -0.2) is 9.59 Å². The Hall–Kier alpha value is -2.48. The van der Waals surface area contributed by atoms with Gasteiger partial charge >= 0.3 is 12.1 Å². The van der Waals surface area contributed by atoms with Gasteiger partial charge in [0, 0.05) is 45.0 Å². The maximum Gasteiger partial charge on any atom is 0.409 e. The summed E-state index contributed by atoms with van der Waals surface area (Å²) >= 11 is 0. The molecule has 8 heteroatoms. The van der Waals surface area contributed by atoms with E-state index in [1.807, 2.05) is 19.1 Å². The third-order valence-electron chi connectivity index (χ3n) is 3.94. The second-order valence-electron chi connectivity index (χ2n) is 5.64. The second-order valence-corrected chi connectivity index (χ2v) is 5.64. The number of nitrogens with one attached hydrogen (secondary N) is 2. The highest BCUT2D eigenvalue weighted by atomic mass is 16.5. The van der Waals surface area contributed by atoms with Crippen molar-refractivity contribution in [3.63, 3.8) is 0 Å². The zero-order chi connectivity index (χ0) is 18.1. The van der Waals surface area contributed by atoms with Gasteiger partial charge in [0.05, 0.1) is 13.7 Å². The Bertz CT molecular complexity index is 556. The minimum atomic E-state index is -0.285. The molecule has 1 aliphatic rings. The van der Waals surface area contributed by atoms with Crippen LogP contribution in [0.1, 0.15) is 6.92 Å². The Balaban J connectivity index is 1.63. The van der Waals surface area contributed by atoms with Crippen molar-refractivity contribution in [2.45, 2.75) is 6.92 Å². The lowest BCUT2D eigenvalue weighted by atomic mass is 10.3. The zero-order valence-electron chi connectivity index (χ0n) is 14.8. The maximum absolute atomic E-state index is 11.9. The third kappa shape index (κ3) is 6.15. The fourth-order valence-corrected chi connectivity index (χ4v) is 2.59. The van der Waals surface area contributed by atoms with Crippen LogP contribution in [0.5, 0.6) is 5.75 Å². The fourth-order valence-electron chi connectivity index (χ4n) is 2.59. The van der Waals surface area contributed by atoms with Gasteiger partial charge in [0.25, 0.3) is 0 Å². The van der Waals surface area contributed by atoms with Crippen molar-refractivity contribution in [3.05, 3.63) is 24.3 Å². The van der Waals surface area contributed by atoms with Gasteiger partial charge < -0.3 is 25.0 Å². The Labute approximate surface area is 148 Å². The molecular formula is C17H26N4O4. The van der Waals surface area contributed by atoms with E-state index in [9.17, 15) is 9.59 Å². The number of carbonyl (C=O) groups excluding carboxylic acids is 2. The van der Waals surface area contributed by atoms with E-state index in [0.717, 1.165) is 25.4 Å². The van der Waals surface area contributed by atoms with Crippen molar-refractivity contribution < 1.29 is 19.1 Å². The molecule has 138 valence electrons. The number of carbonyl (C=O) groups is 2. The third-order valence-corrected chi connectivity index (χ3v) is 3.94. The Morgan fingerprint density at radius 2 is 1.80 bits per heavy atom. The zero-order valence-corrected chi connectivity index (χ0v) is 14.8. The number of nitrogens with zero attached hydrogens (tertiary/aromatic N) is 2. The minimum absolute atomic E-state index is 0.239. The molecule has 0 aliphatic carbocycles. The van der Waals surface area contributed by atoms with Crippen LogP contribution in [0, 0.1) is 0 Å². The summed E-state index contributed by atoms with van der Waals surface area (Å²) in [5, 5.41) is 5.62.